The van der Waals surface area contributed by atoms with Gasteiger partial charge < -0.3 is 5.32 Å². The first-order valence-corrected chi connectivity index (χ1v) is 7.83. The van der Waals surface area contributed by atoms with Crippen molar-refractivity contribution in [3.05, 3.63) is 41.2 Å². The Balaban J connectivity index is 1.87. The molecule has 0 atom stereocenters. The molecule has 0 spiro atoms. The lowest BCUT2D eigenvalue weighted by Crippen LogP contribution is -2.25. The van der Waals surface area contributed by atoms with Gasteiger partial charge in [-0.2, -0.15) is 5.10 Å². The van der Waals surface area contributed by atoms with Crippen molar-refractivity contribution in [2.24, 2.45) is 0 Å². The summed E-state index contributed by atoms with van der Waals surface area (Å²) in [5.74, 6) is 0.0592. The number of nitrogens with zero attached hydrogens (tertiary/aromatic N) is 3. The first kappa shape index (κ1) is 15.4. The molecule has 0 saturated carbocycles. The third kappa shape index (κ3) is 4.26. The molecule has 21 heavy (non-hydrogen) atoms. The van der Waals surface area contributed by atoms with Crippen molar-refractivity contribution in [1.29, 1.82) is 0 Å². The van der Waals surface area contributed by atoms with Crippen LogP contribution in [-0.4, -0.2) is 27.2 Å². The summed E-state index contributed by atoms with van der Waals surface area (Å²) >= 11 is 1.57. The highest BCUT2D eigenvalue weighted by Crippen LogP contribution is 2.17. The largest absolute Gasteiger partial charge is 0.356 e. The zero-order chi connectivity index (χ0) is 15.2. The van der Waals surface area contributed by atoms with Crippen LogP contribution in [0.5, 0.6) is 0 Å². The summed E-state index contributed by atoms with van der Waals surface area (Å²) in [5, 5.41) is 10.2. The average molecular weight is 304 g/mol. The molecule has 1 amide bonds. The summed E-state index contributed by atoms with van der Waals surface area (Å²) in [6.45, 7) is 8.20. The topological polar surface area (TPSA) is 59.8 Å². The highest BCUT2D eigenvalue weighted by atomic mass is 32.1. The Hall–Kier alpha value is -1.95. The summed E-state index contributed by atoms with van der Waals surface area (Å²) in [6, 6.07) is 2.03. The zero-order valence-electron chi connectivity index (χ0n) is 12.4. The average Bonchev–Trinajstić information content (AvgIpc) is 3.03. The summed E-state index contributed by atoms with van der Waals surface area (Å²) in [4.78, 5) is 16.0. The molecule has 5 nitrogen and oxygen atoms in total. The number of allylic oxidation sites excluding steroid dienone is 1. The number of rotatable bonds is 7. The smallest absolute Gasteiger partial charge is 0.220 e. The van der Waals surface area contributed by atoms with Crippen LogP contribution in [0, 0.1) is 13.8 Å². The molecule has 0 aliphatic carbocycles. The molecule has 6 heteroatoms. The van der Waals surface area contributed by atoms with Gasteiger partial charge in [0.2, 0.25) is 11.0 Å². The van der Waals surface area contributed by atoms with E-state index in [1.807, 2.05) is 30.0 Å². The fourth-order valence-electron chi connectivity index (χ4n) is 1.98. The quantitative estimate of drug-likeness (QED) is 0.800. The summed E-state index contributed by atoms with van der Waals surface area (Å²) in [6.07, 6.45) is 3.69. The minimum absolute atomic E-state index is 0.0592. The standard InChI is InChI=1S/C15H20N4OS/c1-4-5-6-14(20)16-8-7-13-10-21-15(17-13)19-12(3)9-11(2)18-19/h4,9-10H,1,5-8H2,2-3H3,(H,16,20). The number of aryl methyl sites for hydroxylation is 2. The first-order valence-electron chi connectivity index (χ1n) is 6.96. The van der Waals surface area contributed by atoms with Crippen LogP contribution in [-0.2, 0) is 11.2 Å². The van der Waals surface area contributed by atoms with Gasteiger partial charge >= 0.3 is 0 Å². The van der Waals surface area contributed by atoms with Crippen molar-refractivity contribution in [1.82, 2.24) is 20.1 Å². The maximum Gasteiger partial charge on any atom is 0.220 e. The van der Waals surface area contributed by atoms with Gasteiger partial charge in [-0.15, -0.1) is 17.9 Å². The molecule has 0 aliphatic rings. The molecule has 0 bridgehead atoms. The number of aromatic nitrogens is 3. The molecule has 2 aromatic rings. The molecule has 0 radical (unpaired) electrons. The Labute approximate surface area is 128 Å². The zero-order valence-corrected chi connectivity index (χ0v) is 13.2. The Bertz CT molecular complexity index is 629. The predicted molar refractivity (Wildman–Crippen MR) is 84.9 cm³/mol. The van der Waals surface area contributed by atoms with E-state index in [-0.39, 0.29) is 5.91 Å². The van der Waals surface area contributed by atoms with Crippen LogP contribution in [0.1, 0.15) is 29.9 Å². The van der Waals surface area contributed by atoms with E-state index in [4.69, 9.17) is 0 Å². The van der Waals surface area contributed by atoms with Gasteiger partial charge in [0, 0.05) is 30.5 Å². The van der Waals surface area contributed by atoms with E-state index < -0.39 is 0 Å². The number of hydrogen-bond acceptors (Lipinski definition) is 4. The van der Waals surface area contributed by atoms with Gasteiger partial charge in [0.05, 0.1) is 11.4 Å². The van der Waals surface area contributed by atoms with Crippen molar-refractivity contribution >= 4 is 17.2 Å². The first-order chi connectivity index (χ1) is 10.1. The van der Waals surface area contributed by atoms with E-state index in [2.05, 4.69) is 22.0 Å². The van der Waals surface area contributed by atoms with Crippen LogP contribution < -0.4 is 5.32 Å². The summed E-state index contributed by atoms with van der Waals surface area (Å²) in [5.41, 5.74) is 3.04. The highest BCUT2D eigenvalue weighted by Gasteiger charge is 2.08. The van der Waals surface area contributed by atoms with Crippen LogP contribution in [0.2, 0.25) is 0 Å². The second-order valence-electron chi connectivity index (χ2n) is 4.89. The third-order valence-electron chi connectivity index (χ3n) is 3.01. The molecule has 0 aliphatic heterocycles. The molecule has 2 rings (SSSR count). The number of nitrogens with one attached hydrogen (secondary N) is 1. The number of hydrogen-bond donors (Lipinski definition) is 1. The minimum atomic E-state index is 0.0592. The maximum atomic E-state index is 11.5. The molecule has 2 heterocycles. The van der Waals surface area contributed by atoms with Gasteiger partial charge in [0.15, 0.2) is 0 Å². The molecule has 0 unspecified atom stereocenters. The molecule has 0 fully saturated rings. The number of carbonyl (C=O) groups is 1. The summed E-state index contributed by atoms with van der Waals surface area (Å²) < 4.78 is 1.85. The van der Waals surface area contributed by atoms with Crippen LogP contribution in [0.25, 0.3) is 5.13 Å². The number of thiazole rings is 1. The van der Waals surface area contributed by atoms with E-state index >= 15 is 0 Å². The maximum absolute atomic E-state index is 11.5. The Morgan fingerprint density at radius 3 is 3.00 bits per heavy atom. The number of amides is 1. The van der Waals surface area contributed by atoms with Crippen molar-refractivity contribution in [3.8, 4) is 5.13 Å². The fourth-order valence-corrected chi connectivity index (χ4v) is 2.85. The minimum Gasteiger partial charge on any atom is -0.356 e. The normalized spacial score (nSPS) is 10.6. The van der Waals surface area contributed by atoms with E-state index in [0.717, 1.165) is 28.6 Å². The van der Waals surface area contributed by atoms with Gasteiger partial charge in [-0.25, -0.2) is 9.67 Å². The molecule has 112 valence electrons. The van der Waals surface area contributed by atoms with Gasteiger partial charge in [-0.3, -0.25) is 4.79 Å². The van der Waals surface area contributed by atoms with Gasteiger partial charge in [0.25, 0.3) is 0 Å². The monoisotopic (exact) mass is 304 g/mol. The van der Waals surface area contributed by atoms with Crippen LogP contribution >= 0.6 is 11.3 Å². The lowest BCUT2D eigenvalue weighted by molar-refractivity contribution is -0.120. The van der Waals surface area contributed by atoms with Crippen molar-refractivity contribution < 1.29 is 4.79 Å². The van der Waals surface area contributed by atoms with Gasteiger partial charge in [-0.1, -0.05) is 6.08 Å². The second-order valence-corrected chi connectivity index (χ2v) is 5.72. The molecule has 0 aromatic carbocycles. The summed E-state index contributed by atoms with van der Waals surface area (Å²) in [7, 11) is 0. The van der Waals surface area contributed by atoms with Crippen LogP contribution in [0.15, 0.2) is 24.1 Å². The Morgan fingerprint density at radius 1 is 1.52 bits per heavy atom. The van der Waals surface area contributed by atoms with E-state index in [9.17, 15) is 4.79 Å². The highest BCUT2D eigenvalue weighted by molar-refractivity contribution is 7.12. The van der Waals surface area contributed by atoms with Gasteiger partial charge in [-0.05, 0) is 26.3 Å². The van der Waals surface area contributed by atoms with Crippen molar-refractivity contribution in [2.45, 2.75) is 33.1 Å². The third-order valence-corrected chi connectivity index (χ3v) is 3.87. The lowest BCUT2D eigenvalue weighted by atomic mass is 10.3. The fraction of sp³-hybridized carbons (Fsp3) is 0.400. The molecule has 2 aromatic heterocycles. The van der Waals surface area contributed by atoms with E-state index in [1.165, 1.54) is 0 Å². The number of carbonyl (C=O) groups excluding carboxylic acids is 1. The molecular weight excluding hydrogens is 284 g/mol. The molecule has 1 N–H and O–H groups in total. The van der Waals surface area contributed by atoms with Crippen molar-refractivity contribution in [3.63, 3.8) is 0 Å². The van der Waals surface area contributed by atoms with Crippen LogP contribution in [0.3, 0.4) is 0 Å². The van der Waals surface area contributed by atoms with Crippen molar-refractivity contribution in [2.75, 3.05) is 6.54 Å². The Kier molecular flexibility index (Phi) is 5.27. The lowest BCUT2D eigenvalue weighted by Gasteiger charge is -2.02. The molecular formula is C15H20N4OS. The second kappa shape index (κ2) is 7.17. The molecule has 0 saturated heterocycles. The Morgan fingerprint density at radius 2 is 2.33 bits per heavy atom. The predicted octanol–water partition coefficient (Wildman–Crippen LogP) is 2.57. The van der Waals surface area contributed by atoms with E-state index in [0.29, 0.717) is 19.4 Å². The van der Waals surface area contributed by atoms with E-state index in [1.54, 1.807) is 17.4 Å². The van der Waals surface area contributed by atoms with Gasteiger partial charge in [0.1, 0.15) is 0 Å². The SMILES string of the molecule is C=CCCC(=O)NCCc1csc(-n2nc(C)cc2C)n1. The van der Waals surface area contributed by atoms with Crippen LogP contribution in [0.4, 0.5) is 0 Å².